The van der Waals surface area contributed by atoms with E-state index < -0.39 is 20.9 Å². The fourth-order valence-corrected chi connectivity index (χ4v) is 4.81. The number of halogens is 1. The molecule has 172 valence electrons. The molecule has 33 heavy (non-hydrogen) atoms. The van der Waals surface area contributed by atoms with Crippen molar-refractivity contribution < 1.29 is 22.9 Å². The van der Waals surface area contributed by atoms with Crippen molar-refractivity contribution in [1.82, 2.24) is 4.31 Å². The maximum atomic E-state index is 13.5. The number of carbonyl (C=O) groups is 1. The Kier molecular flexibility index (Phi) is 7.96. The number of benzene rings is 3. The molecule has 3 rings (SSSR count). The van der Waals surface area contributed by atoms with E-state index in [1.807, 2.05) is 12.1 Å². The summed E-state index contributed by atoms with van der Waals surface area (Å²) in [6.45, 7) is 2.02. The van der Waals surface area contributed by atoms with Crippen LogP contribution in [0.15, 0.2) is 82.2 Å². The number of nitrogens with zero attached hydrogens (tertiary/aromatic N) is 2. The molecule has 0 atom stereocenters. The van der Waals surface area contributed by atoms with E-state index in [2.05, 4.69) is 15.9 Å². The Bertz CT molecular complexity index is 1240. The predicted octanol–water partition coefficient (Wildman–Crippen LogP) is 4.93. The Hall–Kier alpha value is -3.08. The standard InChI is InChI=1S/C23H21BrN2O6S/c1-2-32-23(27)19-10-6-17(7-11-19)15-25(16-18-8-12-20(24)13-9-18)33(30,31)22-5-3-4-21(14-22)26(28)29/h3-14H,2,15-16H2,1H3. The highest BCUT2D eigenvalue weighted by atomic mass is 79.9. The van der Waals surface area contributed by atoms with Gasteiger partial charge in [-0.2, -0.15) is 4.31 Å². The van der Waals surface area contributed by atoms with Gasteiger partial charge < -0.3 is 4.74 Å². The first kappa shape index (κ1) is 24.6. The number of hydrogen-bond acceptors (Lipinski definition) is 6. The van der Waals surface area contributed by atoms with Gasteiger partial charge in [0.2, 0.25) is 10.0 Å². The molecule has 0 unspecified atom stereocenters. The van der Waals surface area contributed by atoms with Gasteiger partial charge in [0, 0.05) is 29.7 Å². The van der Waals surface area contributed by atoms with Crippen molar-refractivity contribution >= 4 is 37.6 Å². The molecule has 0 fully saturated rings. The Labute approximate surface area is 200 Å². The minimum atomic E-state index is -4.07. The lowest BCUT2D eigenvalue weighted by Gasteiger charge is -2.23. The number of rotatable bonds is 9. The maximum absolute atomic E-state index is 13.5. The highest BCUT2D eigenvalue weighted by Crippen LogP contribution is 2.25. The van der Waals surface area contributed by atoms with E-state index in [1.54, 1.807) is 43.3 Å². The topological polar surface area (TPSA) is 107 Å². The minimum absolute atomic E-state index is 0.00416. The largest absolute Gasteiger partial charge is 0.462 e. The highest BCUT2D eigenvalue weighted by molar-refractivity contribution is 9.10. The first-order valence-electron chi connectivity index (χ1n) is 9.96. The van der Waals surface area contributed by atoms with E-state index in [-0.39, 0.29) is 30.3 Å². The second-order valence-corrected chi connectivity index (χ2v) is 9.93. The third-order valence-corrected chi connectivity index (χ3v) is 7.08. The maximum Gasteiger partial charge on any atom is 0.338 e. The summed E-state index contributed by atoms with van der Waals surface area (Å²) >= 11 is 3.36. The summed E-state index contributed by atoms with van der Waals surface area (Å²) in [4.78, 5) is 22.2. The number of nitro benzene ring substituents is 1. The van der Waals surface area contributed by atoms with Crippen LogP contribution >= 0.6 is 15.9 Å². The van der Waals surface area contributed by atoms with E-state index in [4.69, 9.17) is 4.74 Å². The van der Waals surface area contributed by atoms with Crippen LogP contribution in [0.3, 0.4) is 0 Å². The summed E-state index contributed by atoms with van der Waals surface area (Å²) < 4.78 is 34.0. The lowest BCUT2D eigenvalue weighted by atomic mass is 10.1. The fraction of sp³-hybridized carbons (Fsp3) is 0.174. The lowest BCUT2D eigenvalue weighted by Crippen LogP contribution is -2.30. The zero-order valence-corrected chi connectivity index (χ0v) is 20.1. The number of hydrogen-bond donors (Lipinski definition) is 0. The van der Waals surface area contributed by atoms with Crippen LogP contribution in [0.5, 0.6) is 0 Å². The molecule has 0 amide bonds. The van der Waals surface area contributed by atoms with Crippen molar-refractivity contribution in [2.45, 2.75) is 24.9 Å². The Morgan fingerprint density at radius 2 is 1.58 bits per heavy atom. The number of sulfonamides is 1. The zero-order chi connectivity index (χ0) is 24.0. The monoisotopic (exact) mass is 532 g/mol. The van der Waals surface area contributed by atoms with Crippen LogP contribution in [0.1, 0.15) is 28.4 Å². The van der Waals surface area contributed by atoms with Gasteiger partial charge in [-0.1, -0.05) is 46.3 Å². The quantitative estimate of drug-likeness (QED) is 0.220. The molecule has 0 saturated carbocycles. The summed E-state index contributed by atoms with van der Waals surface area (Å²) in [6.07, 6.45) is 0. The molecule has 0 aliphatic carbocycles. The van der Waals surface area contributed by atoms with Gasteiger partial charge in [-0.25, -0.2) is 13.2 Å². The molecule has 10 heteroatoms. The molecule has 0 aliphatic heterocycles. The van der Waals surface area contributed by atoms with Crippen LogP contribution in [-0.2, 0) is 27.8 Å². The van der Waals surface area contributed by atoms with E-state index >= 15 is 0 Å². The van der Waals surface area contributed by atoms with Crippen LogP contribution in [0.2, 0.25) is 0 Å². The molecule has 0 radical (unpaired) electrons. The summed E-state index contributed by atoms with van der Waals surface area (Å²) in [7, 11) is -4.07. The number of non-ortho nitro benzene ring substituents is 1. The van der Waals surface area contributed by atoms with Crippen molar-refractivity contribution in [3.05, 3.63) is 104 Å². The van der Waals surface area contributed by atoms with Crippen LogP contribution in [0.25, 0.3) is 0 Å². The van der Waals surface area contributed by atoms with E-state index in [1.165, 1.54) is 22.5 Å². The van der Waals surface area contributed by atoms with Gasteiger partial charge in [-0.05, 0) is 48.4 Å². The van der Waals surface area contributed by atoms with Crippen molar-refractivity contribution in [3.63, 3.8) is 0 Å². The Morgan fingerprint density at radius 3 is 2.12 bits per heavy atom. The highest BCUT2D eigenvalue weighted by Gasteiger charge is 2.27. The molecule has 0 aromatic heterocycles. The van der Waals surface area contributed by atoms with Gasteiger partial charge in [0.1, 0.15) is 0 Å². The third-order valence-electron chi connectivity index (χ3n) is 4.76. The van der Waals surface area contributed by atoms with Crippen LogP contribution in [-0.4, -0.2) is 30.2 Å². The van der Waals surface area contributed by atoms with Gasteiger partial charge in [0.05, 0.1) is 22.0 Å². The summed E-state index contributed by atoms with van der Waals surface area (Å²) in [5.74, 6) is -0.458. The van der Waals surface area contributed by atoms with Crippen molar-refractivity contribution in [2.24, 2.45) is 0 Å². The SMILES string of the molecule is CCOC(=O)c1ccc(CN(Cc2ccc(Br)cc2)S(=O)(=O)c2cccc([N+](=O)[O-])c2)cc1. The Morgan fingerprint density at radius 1 is 1.00 bits per heavy atom. The average Bonchev–Trinajstić information content (AvgIpc) is 2.80. The molecule has 0 N–H and O–H groups in total. The van der Waals surface area contributed by atoms with Crippen molar-refractivity contribution in [1.29, 1.82) is 0 Å². The van der Waals surface area contributed by atoms with Gasteiger partial charge in [-0.3, -0.25) is 10.1 Å². The van der Waals surface area contributed by atoms with E-state index in [9.17, 15) is 23.3 Å². The summed E-state index contributed by atoms with van der Waals surface area (Å²) in [6, 6.07) is 18.6. The van der Waals surface area contributed by atoms with E-state index in [0.717, 1.165) is 16.1 Å². The molecule has 3 aromatic carbocycles. The molecule has 0 saturated heterocycles. The molecule has 3 aromatic rings. The number of esters is 1. The minimum Gasteiger partial charge on any atom is -0.462 e. The normalized spacial score (nSPS) is 11.4. The van der Waals surface area contributed by atoms with Crippen LogP contribution in [0, 0.1) is 10.1 Å². The van der Waals surface area contributed by atoms with Crippen LogP contribution < -0.4 is 0 Å². The second-order valence-electron chi connectivity index (χ2n) is 7.07. The first-order valence-corrected chi connectivity index (χ1v) is 12.2. The number of carbonyl (C=O) groups excluding carboxylic acids is 1. The average molecular weight is 533 g/mol. The molecule has 0 heterocycles. The van der Waals surface area contributed by atoms with Gasteiger partial charge in [0.15, 0.2) is 0 Å². The van der Waals surface area contributed by atoms with Crippen LogP contribution in [0.4, 0.5) is 5.69 Å². The number of nitro groups is 1. The predicted molar refractivity (Wildman–Crippen MR) is 126 cm³/mol. The molecule has 0 spiro atoms. The van der Waals surface area contributed by atoms with Crippen molar-refractivity contribution in [2.75, 3.05) is 6.61 Å². The molecular weight excluding hydrogens is 512 g/mol. The lowest BCUT2D eigenvalue weighted by molar-refractivity contribution is -0.385. The second kappa shape index (κ2) is 10.7. The molecular formula is C23H21BrN2O6S. The van der Waals surface area contributed by atoms with Gasteiger partial charge >= 0.3 is 5.97 Å². The molecule has 8 nitrogen and oxygen atoms in total. The first-order chi connectivity index (χ1) is 15.7. The summed E-state index contributed by atoms with van der Waals surface area (Å²) in [5.41, 5.74) is 1.45. The zero-order valence-electron chi connectivity index (χ0n) is 17.7. The van der Waals surface area contributed by atoms with Gasteiger partial charge in [0.25, 0.3) is 5.69 Å². The smallest absolute Gasteiger partial charge is 0.338 e. The fourth-order valence-electron chi connectivity index (χ4n) is 3.09. The third kappa shape index (κ3) is 6.25. The van der Waals surface area contributed by atoms with Gasteiger partial charge in [-0.15, -0.1) is 0 Å². The number of ether oxygens (including phenoxy) is 1. The van der Waals surface area contributed by atoms with E-state index in [0.29, 0.717) is 11.1 Å². The molecule has 0 aliphatic rings. The molecule has 0 bridgehead atoms. The Balaban J connectivity index is 1.95. The summed E-state index contributed by atoms with van der Waals surface area (Å²) in [5, 5.41) is 11.2. The van der Waals surface area contributed by atoms with Crippen molar-refractivity contribution in [3.8, 4) is 0 Å².